The highest BCUT2D eigenvalue weighted by Gasteiger charge is 2.39. The number of nitriles is 2. The Morgan fingerprint density at radius 1 is 1.45 bits per heavy atom. The minimum Gasteiger partial charge on any atom is -0.324 e. The van der Waals surface area contributed by atoms with Crippen LogP contribution in [0.25, 0.3) is 0 Å². The van der Waals surface area contributed by atoms with Crippen molar-refractivity contribution in [3.05, 3.63) is 28.7 Å². The van der Waals surface area contributed by atoms with E-state index >= 15 is 0 Å². The van der Waals surface area contributed by atoms with Gasteiger partial charge >= 0.3 is 0 Å². The summed E-state index contributed by atoms with van der Waals surface area (Å²) in [5.74, 6) is -0.792. The van der Waals surface area contributed by atoms with Crippen LogP contribution >= 0.6 is 11.8 Å². The first-order valence-electron chi connectivity index (χ1n) is 6.61. The second kappa shape index (κ2) is 7.10. The summed E-state index contributed by atoms with van der Waals surface area (Å²) < 4.78 is 13.5. The molecule has 2 heterocycles. The molecular weight excluding hydrogens is 307 g/mol. The first-order chi connectivity index (χ1) is 10.6. The van der Waals surface area contributed by atoms with Crippen LogP contribution in [0.3, 0.4) is 0 Å². The maximum absolute atomic E-state index is 12.4. The number of halogens is 1. The van der Waals surface area contributed by atoms with Gasteiger partial charge in [0.05, 0.1) is 35.5 Å². The highest BCUT2D eigenvalue weighted by atomic mass is 32.2. The molecule has 0 radical (unpaired) electrons. The molecule has 8 heteroatoms. The van der Waals surface area contributed by atoms with Gasteiger partial charge in [0.15, 0.2) is 0 Å². The maximum atomic E-state index is 12.4. The molecule has 1 saturated heterocycles. The van der Waals surface area contributed by atoms with Crippen LogP contribution < -0.4 is 10.9 Å². The lowest BCUT2D eigenvalue weighted by Gasteiger charge is -2.11. The molecule has 114 valence electrons. The highest BCUT2D eigenvalue weighted by Crippen LogP contribution is 2.38. The monoisotopic (exact) mass is 320 g/mol. The second-order valence-electron chi connectivity index (χ2n) is 4.77. The quantitative estimate of drug-likeness (QED) is 0.901. The molecule has 0 spiro atoms. The van der Waals surface area contributed by atoms with Crippen molar-refractivity contribution in [1.82, 2.24) is 4.57 Å². The summed E-state index contributed by atoms with van der Waals surface area (Å²) in [5.41, 5.74) is 0.0348. The van der Waals surface area contributed by atoms with Gasteiger partial charge in [0.2, 0.25) is 5.91 Å². The zero-order chi connectivity index (χ0) is 16.1. The third kappa shape index (κ3) is 3.46. The number of hydrogen-bond acceptors (Lipinski definition) is 5. The molecule has 1 aromatic heterocycles. The smallest absolute Gasteiger partial charge is 0.250 e. The van der Waals surface area contributed by atoms with Crippen LogP contribution in [-0.4, -0.2) is 27.6 Å². The topological polar surface area (TPSA) is 98.7 Å². The summed E-state index contributed by atoms with van der Waals surface area (Å²) in [6.45, 7) is -0.753. The molecule has 1 fully saturated rings. The molecule has 0 aromatic carbocycles. The largest absolute Gasteiger partial charge is 0.324 e. The Bertz CT molecular complexity index is 684. The molecule has 6 nitrogen and oxygen atoms in total. The Kier molecular flexibility index (Phi) is 5.18. The van der Waals surface area contributed by atoms with E-state index in [4.69, 9.17) is 10.5 Å². The van der Waals surface area contributed by atoms with Gasteiger partial charge in [-0.15, -0.1) is 11.8 Å². The summed E-state index contributed by atoms with van der Waals surface area (Å²) in [6, 6.07) is 6.75. The number of thioether (sulfide) groups is 1. The SMILES string of the molecule is N#CC1CC(C(=O)Nc2ccc(=O)n(CCF)c2)SC1C#N. The van der Waals surface area contributed by atoms with E-state index < -0.39 is 23.1 Å². The van der Waals surface area contributed by atoms with Crippen LogP contribution in [0, 0.1) is 28.6 Å². The number of anilines is 1. The average molecular weight is 320 g/mol. The molecule has 0 saturated carbocycles. The molecule has 1 amide bonds. The summed E-state index contributed by atoms with van der Waals surface area (Å²) in [7, 11) is 0. The number of alkyl halides is 1. The molecule has 1 aliphatic rings. The van der Waals surface area contributed by atoms with Crippen molar-refractivity contribution >= 4 is 23.4 Å². The minimum atomic E-state index is -0.677. The number of hydrogen-bond donors (Lipinski definition) is 1. The first kappa shape index (κ1) is 16.1. The van der Waals surface area contributed by atoms with Gasteiger partial charge in [0.1, 0.15) is 11.9 Å². The lowest BCUT2D eigenvalue weighted by molar-refractivity contribution is -0.115. The van der Waals surface area contributed by atoms with Crippen molar-refractivity contribution in [2.24, 2.45) is 5.92 Å². The van der Waals surface area contributed by atoms with Crippen molar-refractivity contribution < 1.29 is 9.18 Å². The predicted octanol–water partition coefficient (Wildman–Crippen LogP) is 1.29. The van der Waals surface area contributed by atoms with E-state index in [1.54, 1.807) is 0 Å². The van der Waals surface area contributed by atoms with Gasteiger partial charge in [-0.1, -0.05) is 0 Å². The van der Waals surface area contributed by atoms with Gasteiger partial charge in [-0.05, 0) is 12.5 Å². The number of amides is 1. The van der Waals surface area contributed by atoms with E-state index in [1.165, 1.54) is 22.9 Å². The number of nitrogens with one attached hydrogen (secondary N) is 1. The van der Waals surface area contributed by atoms with Gasteiger partial charge in [-0.2, -0.15) is 10.5 Å². The Labute approximate surface area is 130 Å². The molecule has 0 aliphatic carbocycles. The van der Waals surface area contributed by atoms with Gasteiger partial charge in [0, 0.05) is 12.3 Å². The third-order valence-corrected chi connectivity index (χ3v) is 4.77. The minimum absolute atomic E-state index is 0.0757. The van der Waals surface area contributed by atoms with Crippen molar-refractivity contribution in [2.45, 2.75) is 23.5 Å². The van der Waals surface area contributed by atoms with Crippen LogP contribution in [0.15, 0.2) is 23.1 Å². The van der Waals surface area contributed by atoms with Crippen LogP contribution in [0.4, 0.5) is 10.1 Å². The first-order valence-corrected chi connectivity index (χ1v) is 7.55. The number of rotatable bonds is 4. The fourth-order valence-corrected chi connectivity index (χ4v) is 3.46. The van der Waals surface area contributed by atoms with Crippen molar-refractivity contribution in [2.75, 3.05) is 12.0 Å². The van der Waals surface area contributed by atoms with Crippen LogP contribution in [-0.2, 0) is 11.3 Å². The second-order valence-corrected chi connectivity index (χ2v) is 6.12. The van der Waals surface area contributed by atoms with E-state index in [0.29, 0.717) is 12.1 Å². The fourth-order valence-electron chi connectivity index (χ4n) is 2.19. The Morgan fingerprint density at radius 3 is 2.82 bits per heavy atom. The van der Waals surface area contributed by atoms with Gasteiger partial charge in [0.25, 0.3) is 5.56 Å². The summed E-state index contributed by atoms with van der Waals surface area (Å²) in [6.07, 6.45) is 1.69. The van der Waals surface area contributed by atoms with E-state index in [9.17, 15) is 14.0 Å². The number of aryl methyl sites for hydroxylation is 1. The fraction of sp³-hybridized carbons (Fsp3) is 0.429. The lowest BCUT2D eigenvalue weighted by atomic mass is 10.0. The lowest BCUT2D eigenvalue weighted by Crippen LogP contribution is -2.25. The highest BCUT2D eigenvalue weighted by molar-refractivity contribution is 8.01. The van der Waals surface area contributed by atoms with Gasteiger partial charge in [-0.25, -0.2) is 4.39 Å². The van der Waals surface area contributed by atoms with Crippen molar-refractivity contribution in [3.8, 4) is 12.1 Å². The maximum Gasteiger partial charge on any atom is 0.250 e. The molecule has 3 atom stereocenters. The average Bonchev–Trinajstić information content (AvgIpc) is 2.94. The number of pyridine rings is 1. The molecule has 2 rings (SSSR count). The van der Waals surface area contributed by atoms with Gasteiger partial charge < -0.3 is 9.88 Å². The van der Waals surface area contributed by atoms with Gasteiger partial charge in [-0.3, -0.25) is 9.59 Å². The number of aromatic nitrogens is 1. The number of nitrogens with zero attached hydrogens (tertiary/aromatic N) is 3. The summed E-state index contributed by atoms with van der Waals surface area (Å²) in [5, 5.41) is 19.6. The van der Waals surface area contributed by atoms with E-state index in [0.717, 1.165) is 11.8 Å². The van der Waals surface area contributed by atoms with Crippen molar-refractivity contribution in [3.63, 3.8) is 0 Å². The zero-order valence-corrected chi connectivity index (χ0v) is 12.3. The molecule has 22 heavy (non-hydrogen) atoms. The molecule has 3 unspecified atom stereocenters. The molecule has 1 aliphatic heterocycles. The zero-order valence-electron chi connectivity index (χ0n) is 11.5. The van der Waals surface area contributed by atoms with Crippen LogP contribution in [0.1, 0.15) is 6.42 Å². The van der Waals surface area contributed by atoms with E-state index in [2.05, 4.69) is 5.32 Å². The van der Waals surface area contributed by atoms with E-state index in [-0.39, 0.29) is 18.0 Å². The van der Waals surface area contributed by atoms with Crippen LogP contribution in [0.5, 0.6) is 0 Å². The molecule has 1 N–H and O–H groups in total. The number of carbonyl (C=O) groups excluding carboxylic acids is 1. The third-order valence-electron chi connectivity index (χ3n) is 3.31. The van der Waals surface area contributed by atoms with Crippen LogP contribution in [0.2, 0.25) is 0 Å². The summed E-state index contributed by atoms with van der Waals surface area (Å²) >= 11 is 1.16. The molecule has 0 bridgehead atoms. The molecular formula is C14H13FN4O2S. The Balaban J connectivity index is 2.07. The predicted molar refractivity (Wildman–Crippen MR) is 79.8 cm³/mol. The standard InChI is InChI=1S/C14H13FN4O2S/c15-3-4-19-8-10(1-2-13(19)20)18-14(21)11-5-9(6-16)12(7-17)22-11/h1-2,8-9,11-12H,3-5H2,(H,18,21). The normalized spacial score (nSPS) is 23.5. The summed E-state index contributed by atoms with van der Waals surface area (Å²) in [4.78, 5) is 23.7. The Hall–Kier alpha value is -2.32. The van der Waals surface area contributed by atoms with Crippen molar-refractivity contribution in [1.29, 1.82) is 10.5 Å². The molecule has 1 aromatic rings. The van der Waals surface area contributed by atoms with E-state index in [1.807, 2.05) is 12.1 Å². The number of carbonyl (C=O) groups is 1. The Morgan fingerprint density at radius 2 is 2.23 bits per heavy atom.